The summed E-state index contributed by atoms with van der Waals surface area (Å²) < 4.78 is 1.27. The van der Waals surface area contributed by atoms with E-state index in [0.29, 0.717) is 18.8 Å². The van der Waals surface area contributed by atoms with Gasteiger partial charge < -0.3 is 4.90 Å². The maximum absolute atomic E-state index is 13.4. The van der Waals surface area contributed by atoms with Crippen LogP contribution in [0.15, 0.2) is 120 Å². The highest BCUT2D eigenvalue weighted by molar-refractivity contribution is 5.86. The third-order valence-electron chi connectivity index (χ3n) is 6.28. The number of aromatic nitrogens is 2. The van der Waals surface area contributed by atoms with Crippen LogP contribution in [-0.2, 0) is 24.3 Å². The van der Waals surface area contributed by atoms with E-state index >= 15 is 0 Å². The maximum atomic E-state index is 13.4. The number of fused-ring (bicyclic) bond motifs is 1. The van der Waals surface area contributed by atoms with Gasteiger partial charge >= 0.3 is 0 Å². The lowest BCUT2D eigenvalue weighted by Gasteiger charge is -2.23. The van der Waals surface area contributed by atoms with Crippen molar-refractivity contribution in [2.45, 2.75) is 19.5 Å². The van der Waals surface area contributed by atoms with Crippen LogP contribution in [0.2, 0.25) is 0 Å². The van der Waals surface area contributed by atoms with Crippen molar-refractivity contribution in [1.82, 2.24) is 14.7 Å². The Bertz CT molecular complexity index is 1530. The number of hydrogen-bond acceptors (Lipinski definition) is 3. The van der Waals surface area contributed by atoms with Crippen molar-refractivity contribution in [1.29, 1.82) is 0 Å². The normalized spacial score (nSPS) is 10.9. The minimum Gasteiger partial charge on any atom is -0.336 e. The highest BCUT2D eigenvalue weighted by Gasteiger charge is 2.17. The first-order valence-corrected chi connectivity index (χ1v) is 12.1. The summed E-state index contributed by atoms with van der Waals surface area (Å²) in [6, 6.07) is 37.4. The molecule has 0 aliphatic rings. The van der Waals surface area contributed by atoms with Gasteiger partial charge in [-0.25, -0.2) is 4.68 Å². The molecule has 0 saturated carbocycles. The quantitative estimate of drug-likeness (QED) is 0.306. The minimum atomic E-state index is -0.296. The minimum absolute atomic E-state index is 0.109. The van der Waals surface area contributed by atoms with E-state index in [4.69, 9.17) is 0 Å². The van der Waals surface area contributed by atoms with E-state index < -0.39 is 0 Å². The summed E-state index contributed by atoms with van der Waals surface area (Å²) >= 11 is 0. The third kappa shape index (κ3) is 5.58. The van der Waals surface area contributed by atoms with E-state index in [-0.39, 0.29) is 18.0 Å². The number of carbonyl (C=O) groups is 1. The smallest absolute Gasteiger partial charge is 0.267 e. The molecule has 0 unspecified atom stereocenters. The van der Waals surface area contributed by atoms with Crippen molar-refractivity contribution in [3.63, 3.8) is 0 Å². The Balaban J connectivity index is 1.38. The predicted molar refractivity (Wildman–Crippen MR) is 143 cm³/mol. The fraction of sp³-hybridized carbons (Fsp3) is 0.129. The van der Waals surface area contributed by atoms with Gasteiger partial charge in [0.25, 0.3) is 5.56 Å². The fourth-order valence-electron chi connectivity index (χ4n) is 4.30. The van der Waals surface area contributed by atoms with Crippen LogP contribution in [0.3, 0.4) is 0 Å². The number of benzene rings is 4. The molecule has 0 saturated heterocycles. The van der Waals surface area contributed by atoms with Crippen molar-refractivity contribution >= 4 is 16.7 Å². The van der Waals surface area contributed by atoms with Gasteiger partial charge in [-0.1, -0.05) is 97.1 Å². The predicted octanol–water partition coefficient (Wildman–Crippen LogP) is 5.34. The van der Waals surface area contributed by atoms with Crippen molar-refractivity contribution in [2.24, 2.45) is 0 Å². The molecule has 36 heavy (non-hydrogen) atoms. The standard InChI is InChI=1S/C31H27N3O2/c35-30-18-17-29(28-16-15-26-13-7-8-14-27(26)21-28)32-34(30)23-31(36)33(22-25-11-5-2-6-12-25)20-19-24-9-3-1-4-10-24/h1-18,21H,19-20,22-23H2. The van der Waals surface area contributed by atoms with E-state index in [1.165, 1.54) is 10.7 Å². The van der Waals surface area contributed by atoms with Gasteiger partial charge in [-0.05, 0) is 40.5 Å². The Morgan fingerprint density at radius 1 is 0.722 bits per heavy atom. The van der Waals surface area contributed by atoms with Crippen LogP contribution in [0, 0.1) is 0 Å². The van der Waals surface area contributed by atoms with Gasteiger partial charge in [0.1, 0.15) is 6.54 Å². The Hall–Kier alpha value is -4.51. The van der Waals surface area contributed by atoms with Crippen molar-refractivity contribution in [2.75, 3.05) is 6.54 Å². The molecule has 5 nitrogen and oxygen atoms in total. The molecule has 0 N–H and O–H groups in total. The van der Waals surface area contributed by atoms with Gasteiger partial charge in [-0.2, -0.15) is 5.10 Å². The van der Waals surface area contributed by atoms with Gasteiger partial charge in [0.2, 0.25) is 5.91 Å². The summed E-state index contributed by atoms with van der Waals surface area (Å²) in [7, 11) is 0. The van der Waals surface area contributed by atoms with Crippen molar-refractivity contribution in [3.05, 3.63) is 137 Å². The average Bonchev–Trinajstić information content (AvgIpc) is 2.93. The first-order chi connectivity index (χ1) is 17.7. The van der Waals surface area contributed by atoms with Crippen LogP contribution in [0.1, 0.15) is 11.1 Å². The lowest BCUT2D eigenvalue weighted by atomic mass is 10.1. The van der Waals surface area contributed by atoms with E-state index in [1.54, 1.807) is 11.0 Å². The molecule has 0 spiro atoms. The molecule has 0 aliphatic heterocycles. The lowest BCUT2D eigenvalue weighted by molar-refractivity contribution is -0.132. The van der Waals surface area contributed by atoms with Crippen LogP contribution >= 0.6 is 0 Å². The molecule has 0 atom stereocenters. The molecule has 1 aromatic heterocycles. The Morgan fingerprint density at radius 2 is 1.39 bits per heavy atom. The number of nitrogens with zero attached hydrogens (tertiary/aromatic N) is 3. The molecule has 1 amide bonds. The van der Waals surface area contributed by atoms with E-state index in [2.05, 4.69) is 29.4 Å². The van der Waals surface area contributed by atoms with Gasteiger partial charge in [-0.15, -0.1) is 0 Å². The fourth-order valence-corrected chi connectivity index (χ4v) is 4.30. The summed E-state index contributed by atoms with van der Waals surface area (Å²) in [4.78, 5) is 27.9. The highest BCUT2D eigenvalue weighted by Crippen LogP contribution is 2.22. The molecule has 5 aromatic rings. The zero-order chi connectivity index (χ0) is 24.7. The molecule has 0 bridgehead atoms. The van der Waals surface area contributed by atoms with Crippen LogP contribution in [0.5, 0.6) is 0 Å². The van der Waals surface area contributed by atoms with E-state index in [0.717, 1.165) is 33.9 Å². The molecule has 5 heteroatoms. The van der Waals surface area contributed by atoms with E-state index in [9.17, 15) is 9.59 Å². The van der Waals surface area contributed by atoms with Gasteiger partial charge in [0, 0.05) is 24.7 Å². The summed E-state index contributed by atoms with van der Waals surface area (Å²) in [6.07, 6.45) is 0.735. The summed E-state index contributed by atoms with van der Waals surface area (Å²) in [5, 5.41) is 6.79. The maximum Gasteiger partial charge on any atom is 0.267 e. The third-order valence-corrected chi connectivity index (χ3v) is 6.28. The molecule has 0 fully saturated rings. The average molecular weight is 474 g/mol. The zero-order valence-corrected chi connectivity index (χ0v) is 20.0. The van der Waals surface area contributed by atoms with Crippen LogP contribution in [0.25, 0.3) is 22.0 Å². The lowest BCUT2D eigenvalue weighted by Crippen LogP contribution is -2.38. The van der Waals surface area contributed by atoms with Crippen LogP contribution in [0.4, 0.5) is 0 Å². The molecular weight excluding hydrogens is 446 g/mol. The largest absolute Gasteiger partial charge is 0.336 e. The number of hydrogen-bond donors (Lipinski definition) is 0. The summed E-state index contributed by atoms with van der Waals surface area (Å²) in [5.41, 5.74) is 3.48. The zero-order valence-electron chi connectivity index (χ0n) is 20.0. The summed E-state index contributed by atoms with van der Waals surface area (Å²) in [5.74, 6) is -0.139. The monoisotopic (exact) mass is 473 g/mol. The number of amides is 1. The van der Waals surface area contributed by atoms with Gasteiger partial charge in [0.15, 0.2) is 0 Å². The second-order valence-corrected chi connectivity index (χ2v) is 8.81. The van der Waals surface area contributed by atoms with Gasteiger partial charge in [0.05, 0.1) is 5.69 Å². The van der Waals surface area contributed by atoms with Crippen LogP contribution in [-0.4, -0.2) is 27.1 Å². The second-order valence-electron chi connectivity index (χ2n) is 8.81. The molecule has 5 rings (SSSR count). The molecule has 1 heterocycles. The topological polar surface area (TPSA) is 55.2 Å². The van der Waals surface area contributed by atoms with Crippen LogP contribution < -0.4 is 5.56 Å². The first kappa shape index (κ1) is 23.2. The molecular formula is C31H27N3O2. The molecule has 4 aromatic carbocycles. The SMILES string of the molecule is O=C(Cn1nc(-c2ccc3ccccc3c2)ccc1=O)N(CCc1ccccc1)Cc1ccccc1. The highest BCUT2D eigenvalue weighted by atomic mass is 16.2. The number of carbonyl (C=O) groups excluding carboxylic acids is 1. The number of rotatable bonds is 8. The van der Waals surface area contributed by atoms with Gasteiger partial charge in [-0.3, -0.25) is 9.59 Å². The molecule has 178 valence electrons. The summed E-state index contributed by atoms with van der Waals surface area (Å²) in [6.45, 7) is 0.921. The van der Waals surface area contributed by atoms with E-state index in [1.807, 2.05) is 78.9 Å². The first-order valence-electron chi connectivity index (χ1n) is 12.1. The Kier molecular flexibility index (Phi) is 6.99. The van der Waals surface area contributed by atoms with Crippen molar-refractivity contribution < 1.29 is 4.79 Å². The Labute approximate surface area is 210 Å². The Morgan fingerprint density at radius 3 is 2.14 bits per heavy atom. The molecule has 0 radical (unpaired) electrons. The second kappa shape index (κ2) is 10.8. The van der Waals surface area contributed by atoms with Crippen molar-refractivity contribution in [3.8, 4) is 11.3 Å². The molecule has 0 aliphatic carbocycles.